The quantitative estimate of drug-likeness (QED) is 0.723. The van der Waals surface area contributed by atoms with Crippen LogP contribution in [0.5, 0.6) is 0 Å². The van der Waals surface area contributed by atoms with Crippen molar-refractivity contribution in [1.29, 1.82) is 0 Å². The van der Waals surface area contributed by atoms with Crippen LogP contribution in [0.4, 0.5) is 0 Å². The first-order valence-electron chi connectivity index (χ1n) is 5.47. The monoisotopic (exact) mass is 224 g/mol. The molecule has 0 saturated carbocycles. The minimum Gasteiger partial charge on any atom is -0.325 e. The zero-order valence-electron chi connectivity index (χ0n) is 9.24. The van der Waals surface area contributed by atoms with Crippen LogP contribution in [0.3, 0.4) is 0 Å². The van der Waals surface area contributed by atoms with E-state index in [1.165, 1.54) is 0 Å². The molecule has 2 aromatic heterocycles. The molecule has 0 aliphatic rings. The molecule has 84 valence electrons. The van der Waals surface area contributed by atoms with Crippen molar-refractivity contribution in [3.8, 4) is 5.69 Å². The zero-order chi connectivity index (χ0) is 11.7. The molecule has 17 heavy (non-hydrogen) atoms. The predicted octanol–water partition coefficient (Wildman–Crippen LogP) is 1.88. The van der Waals surface area contributed by atoms with Gasteiger partial charge in [-0.05, 0) is 18.2 Å². The van der Waals surface area contributed by atoms with Crippen LogP contribution < -0.4 is 5.73 Å². The van der Waals surface area contributed by atoms with Gasteiger partial charge in [0.15, 0.2) is 0 Å². The Morgan fingerprint density at radius 3 is 2.82 bits per heavy atom. The number of nitrogens with zero attached hydrogens (tertiary/aromatic N) is 3. The van der Waals surface area contributed by atoms with Crippen molar-refractivity contribution in [1.82, 2.24) is 14.8 Å². The van der Waals surface area contributed by atoms with Gasteiger partial charge in [0.2, 0.25) is 0 Å². The van der Waals surface area contributed by atoms with E-state index in [1.54, 1.807) is 6.20 Å². The van der Waals surface area contributed by atoms with Crippen LogP contribution in [-0.2, 0) is 6.54 Å². The Morgan fingerprint density at radius 1 is 1.18 bits per heavy atom. The fraction of sp³-hybridized carbons (Fsp3) is 0.0769. The molecule has 0 saturated heterocycles. The lowest BCUT2D eigenvalue weighted by Gasteiger charge is -2.08. The van der Waals surface area contributed by atoms with Gasteiger partial charge >= 0.3 is 0 Å². The molecule has 0 radical (unpaired) electrons. The van der Waals surface area contributed by atoms with E-state index in [1.807, 2.05) is 47.3 Å². The molecule has 0 amide bonds. The van der Waals surface area contributed by atoms with Crippen LogP contribution in [0.2, 0.25) is 0 Å². The molecule has 0 atom stereocenters. The third kappa shape index (κ3) is 1.68. The lowest BCUT2D eigenvalue weighted by atomic mass is 10.1. The average molecular weight is 224 g/mol. The molecule has 2 N–H and O–H groups in total. The second kappa shape index (κ2) is 3.99. The van der Waals surface area contributed by atoms with Crippen molar-refractivity contribution >= 4 is 10.9 Å². The largest absolute Gasteiger partial charge is 0.325 e. The molecular formula is C13H12N4. The molecule has 0 aliphatic carbocycles. The summed E-state index contributed by atoms with van der Waals surface area (Å²) in [4.78, 5) is 4.50. The van der Waals surface area contributed by atoms with Crippen LogP contribution in [0.15, 0.2) is 48.8 Å². The van der Waals surface area contributed by atoms with Crippen molar-refractivity contribution < 1.29 is 0 Å². The molecule has 0 aliphatic heterocycles. The van der Waals surface area contributed by atoms with Gasteiger partial charge in [0.25, 0.3) is 0 Å². The van der Waals surface area contributed by atoms with Gasteiger partial charge in [0.05, 0.1) is 16.9 Å². The summed E-state index contributed by atoms with van der Waals surface area (Å²) in [6, 6.07) is 11.9. The van der Waals surface area contributed by atoms with Crippen molar-refractivity contribution in [2.75, 3.05) is 0 Å². The van der Waals surface area contributed by atoms with Crippen molar-refractivity contribution in [3.63, 3.8) is 0 Å². The van der Waals surface area contributed by atoms with E-state index in [9.17, 15) is 0 Å². The van der Waals surface area contributed by atoms with E-state index in [0.29, 0.717) is 6.54 Å². The van der Waals surface area contributed by atoms with E-state index in [4.69, 9.17) is 5.73 Å². The molecular weight excluding hydrogens is 212 g/mol. The first kappa shape index (κ1) is 9.99. The minimum atomic E-state index is 0.430. The Bertz CT molecular complexity index is 644. The Kier molecular flexibility index (Phi) is 2.34. The molecule has 0 bridgehead atoms. The van der Waals surface area contributed by atoms with Gasteiger partial charge in [0, 0.05) is 24.3 Å². The fourth-order valence-corrected chi connectivity index (χ4v) is 1.92. The number of hydrogen-bond acceptors (Lipinski definition) is 3. The van der Waals surface area contributed by atoms with E-state index in [2.05, 4.69) is 10.1 Å². The smallest absolute Gasteiger partial charge is 0.0758 e. The Morgan fingerprint density at radius 2 is 2.06 bits per heavy atom. The summed E-state index contributed by atoms with van der Waals surface area (Å²) >= 11 is 0. The summed E-state index contributed by atoms with van der Waals surface area (Å²) in [5, 5.41) is 5.34. The topological polar surface area (TPSA) is 56.7 Å². The lowest BCUT2D eigenvalue weighted by Crippen LogP contribution is -2.04. The van der Waals surface area contributed by atoms with Gasteiger partial charge in [-0.3, -0.25) is 4.98 Å². The summed E-state index contributed by atoms with van der Waals surface area (Å²) in [5.41, 5.74) is 8.50. The highest BCUT2D eigenvalue weighted by molar-refractivity contribution is 5.87. The van der Waals surface area contributed by atoms with Crippen LogP contribution in [0.25, 0.3) is 16.6 Å². The number of rotatable bonds is 2. The molecule has 2 heterocycles. The fourth-order valence-electron chi connectivity index (χ4n) is 1.92. The SMILES string of the molecule is NCc1cc(-n2cccn2)c2ccccc2n1. The highest BCUT2D eigenvalue weighted by Gasteiger charge is 2.06. The van der Waals surface area contributed by atoms with Crippen molar-refractivity contribution in [2.45, 2.75) is 6.54 Å². The normalized spacial score (nSPS) is 10.9. The molecule has 3 rings (SSSR count). The van der Waals surface area contributed by atoms with E-state index in [0.717, 1.165) is 22.3 Å². The summed E-state index contributed by atoms with van der Waals surface area (Å²) in [7, 11) is 0. The first-order valence-corrected chi connectivity index (χ1v) is 5.47. The van der Waals surface area contributed by atoms with Gasteiger partial charge in [-0.15, -0.1) is 0 Å². The zero-order valence-corrected chi connectivity index (χ0v) is 9.24. The highest BCUT2D eigenvalue weighted by Crippen LogP contribution is 2.21. The van der Waals surface area contributed by atoms with Crippen LogP contribution >= 0.6 is 0 Å². The average Bonchev–Trinajstić information content (AvgIpc) is 2.91. The van der Waals surface area contributed by atoms with Crippen LogP contribution in [0, 0.1) is 0 Å². The maximum atomic E-state index is 5.67. The highest BCUT2D eigenvalue weighted by atomic mass is 15.3. The molecule has 0 unspecified atom stereocenters. The third-order valence-corrected chi connectivity index (χ3v) is 2.71. The third-order valence-electron chi connectivity index (χ3n) is 2.71. The molecule has 4 heteroatoms. The summed E-state index contributed by atoms with van der Waals surface area (Å²) in [6.45, 7) is 0.430. The van der Waals surface area contributed by atoms with Crippen molar-refractivity contribution in [2.24, 2.45) is 5.73 Å². The summed E-state index contributed by atoms with van der Waals surface area (Å²) in [6.07, 6.45) is 3.68. The van der Waals surface area contributed by atoms with E-state index < -0.39 is 0 Å². The minimum absolute atomic E-state index is 0.430. The maximum Gasteiger partial charge on any atom is 0.0758 e. The number of benzene rings is 1. The van der Waals surface area contributed by atoms with Gasteiger partial charge in [-0.25, -0.2) is 4.68 Å². The number of hydrogen-bond donors (Lipinski definition) is 1. The van der Waals surface area contributed by atoms with Gasteiger partial charge in [-0.2, -0.15) is 5.10 Å². The lowest BCUT2D eigenvalue weighted by molar-refractivity contribution is 0.878. The van der Waals surface area contributed by atoms with Gasteiger partial charge in [0.1, 0.15) is 0 Å². The number of para-hydroxylation sites is 1. The number of nitrogens with two attached hydrogens (primary N) is 1. The summed E-state index contributed by atoms with van der Waals surface area (Å²) < 4.78 is 1.84. The van der Waals surface area contributed by atoms with E-state index in [-0.39, 0.29) is 0 Å². The standard InChI is InChI=1S/C13H12N4/c14-9-10-8-13(17-7-3-6-15-17)11-4-1-2-5-12(11)16-10/h1-8H,9,14H2. The Hall–Kier alpha value is -2.20. The number of aromatic nitrogens is 3. The molecule has 0 spiro atoms. The second-order valence-electron chi connectivity index (χ2n) is 3.80. The number of pyridine rings is 1. The molecule has 0 fully saturated rings. The molecule has 4 nitrogen and oxygen atoms in total. The molecule has 1 aromatic carbocycles. The Labute approximate surface area is 98.7 Å². The number of fused-ring (bicyclic) bond motifs is 1. The summed E-state index contributed by atoms with van der Waals surface area (Å²) in [5.74, 6) is 0. The van der Waals surface area contributed by atoms with E-state index >= 15 is 0 Å². The van der Waals surface area contributed by atoms with Crippen molar-refractivity contribution in [3.05, 3.63) is 54.5 Å². The van der Waals surface area contributed by atoms with Gasteiger partial charge < -0.3 is 5.73 Å². The van der Waals surface area contributed by atoms with Crippen LogP contribution in [-0.4, -0.2) is 14.8 Å². The second-order valence-corrected chi connectivity index (χ2v) is 3.80. The van der Waals surface area contributed by atoms with Crippen LogP contribution in [0.1, 0.15) is 5.69 Å². The first-order chi connectivity index (χ1) is 8.38. The predicted molar refractivity (Wildman–Crippen MR) is 66.8 cm³/mol. The molecule has 3 aromatic rings. The maximum absolute atomic E-state index is 5.67. The van der Waals surface area contributed by atoms with Gasteiger partial charge in [-0.1, -0.05) is 18.2 Å². The Balaban J connectivity index is 2.35.